The third kappa shape index (κ3) is 4.97. The molecule has 2 aromatic rings. The molecule has 1 amide bonds. The Morgan fingerprint density at radius 3 is 2.71 bits per heavy atom. The molecule has 0 aliphatic heterocycles. The van der Waals surface area contributed by atoms with Gasteiger partial charge in [0.05, 0.1) is 23.4 Å². The quantitative estimate of drug-likeness (QED) is 0.606. The number of amides is 1. The number of rotatable bonds is 8. The zero-order chi connectivity index (χ0) is 24.7. The molecule has 3 aliphatic carbocycles. The summed E-state index contributed by atoms with van der Waals surface area (Å²) in [5.74, 6) is 0.960. The Labute approximate surface area is 204 Å². The number of fused-ring (bicyclic) bond motifs is 1. The molecule has 10 nitrogen and oxygen atoms in total. The Morgan fingerprint density at radius 1 is 1.23 bits per heavy atom. The Balaban J connectivity index is 1.24. The molecule has 35 heavy (non-hydrogen) atoms. The van der Waals surface area contributed by atoms with Crippen LogP contribution in [0.3, 0.4) is 0 Å². The van der Waals surface area contributed by atoms with Crippen LogP contribution in [0.15, 0.2) is 12.1 Å². The molecule has 0 aromatic carbocycles. The highest BCUT2D eigenvalue weighted by atomic mass is 16.6. The smallest absolute Gasteiger partial charge is 0.409 e. The lowest BCUT2D eigenvalue weighted by Gasteiger charge is -2.29. The second kappa shape index (κ2) is 9.47. The number of aryl methyl sites for hydroxylation is 2. The van der Waals surface area contributed by atoms with Crippen molar-refractivity contribution in [2.24, 2.45) is 30.7 Å². The number of carbonyl (C=O) groups is 2. The minimum Gasteiger partial charge on any atom is -0.488 e. The van der Waals surface area contributed by atoms with E-state index in [4.69, 9.17) is 9.47 Å². The third-order valence-electron chi connectivity index (χ3n) is 7.81. The first kappa shape index (κ1) is 23.6. The van der Waals surface area contributed by atoms with E-state index >= 15 is 0 Å². The molecular weight excluding hydrogens is 450 g/mol. The van der Waals surface area contributed by atoms with E-state index in [1.54, 1.807) is 23.7 Å². The largest absolute Gasteiger partial charge is 0.488 e. The van der Waals surface area contributed by atoms with E-state index in [0.29, 0.717) is 59.2 Å². The second-order valence-electron chi connectivity index (χ2n) is 10.3. The SMILES string of the molecule is Cc1nc(-c2nnn(C)c2COC(=O)N(C)CC2CCC2)ccc1O[C@H]1CC2CC2[C@H](C(=O)O)C1. The summed E-state index contributed by atoms with van der Waals surface area (Å²) in [6, 6.07) is 3.67. The monoisotopic (exact) mass is 483 g/mol. The minimum atomic E-state index is -0.721. The highest BCUT2D eigenvalue weighted by molar-refractivity contribution is 5.71. The van der Waals surface area contributed by atoms with Gasteiger partial charge in [-0.1, -0.05) is 11.6 Å². The summed E-state index contributed by atoms with van der Waals surface area (Å²) in [5.41, 5.74) is 2.53. The van der Waals surface area contributed by atoms with E-state index in [1.807, 2.05) is 19.1 Å². The van der Waals surface area contributed by atoms with Gasteiger partial charge in [0, 0.05) is 20.6 Å². The number of hydrogen-bond acceptors (Lipinski definition) is 7. The molecule has 0 saturated heterocycles. The topological polar surface area (TPSA) is 120 Å². The van der Waals surface area contributed by atoms with Crippen molar-refractivity contribution in [1.29, 1.82) is 0 Å². The van der Waals surface area contributed by atoms with Crippen LogP contribution < -0.4 is 4.74 Å². The molecule has 3 aliphatic rings. The summed E-state index contributed by atoms with van der Waals surface area (Å²) in [5, 5.41) is 17.9. The number of aliphatic carboxylic acids is 1. The molecule has 0 spiro atoms. The minimum absolute atomic E-state index is 0.0485. The zero-order valence-electron chi connectivity index (χ0n) is 20.5. The van der Waals surface area contributed by atoms with Crippen LogP contribution >= 0.6 is 0 Å². The molecule has 5 rings (SSSR count). The lowest BCUT2D eigenvalue weighted by Crippen LogP contribution is -2.34. The van der Waals surface area contributed by atoms with Crippen LogP contribution in [0.4, 0.5) is 4.79 Å². The van der Waals surface area contributed by atoms with E-state index in [1.165, 1.54) is 19.3 Å². The van der Waals surface area contributed by atoms with Crippen molar-refractivity contribution in [3.8, 4) is 17.1 Å². The van der Waals surface area contributed by atoms with Gasteiger partial charge in [0.1, 0.15) is 23.7 Å². The summed E-state index contributed by atoms with van der Waals surface area (Å²) in [6.07, 6.45) is 5.51. The van der Waals surface area contributed by atoms with Crippen LogP contribution in [0.2, 0.25) is 0 Å². The average Bonchev–Trinajstić information content (AvgIpc) is 3.49. The lowest BCUT2D eigenvalue weighted by molar-refractivity contribution is -0.144. The number of aromatic nitrogens is 4. The van der Waals surface area contributed by atoms with Gasteiger partial charge in [-0.25, -0.2) is 14.5 Å². The van der Waals surface area contributed by atoms with Gasteiger partial charge in [0.25, 0.3) is 0 Å². The predicted octanol–water partition coefficient (Wildman–Crippen LogP) is 3.43. The maximum Gasteiger partial charge on any atom is 0.409 e. The molecule has 188 valence electrons. The van der Waals surface area contributed by atoms with Crippen molar-refractivity contribution in [2.75, 3.05) is 13.6 Å². The molecular formula is C25H33N5O5. The Hall–Kier alpha value is -3.17. The first-order valence-electron chi connectivity index (χ1n) is 12.4. The number of carboxylic acids is 1. The first-order valence-corrected chi connectivity index (χ1v) is 12.4. The van der Waals surface area contributed by atoms with E-state index < -0.39 is 5.97 Å². The normalized spacial score (nSPS) is 25.3. The van der Waals surface area contributed by atoms with Crippen molar-refractivity contribution >= 4 is 12.1 Å². The number of nitrogens with zero attached hydrogens (tertiary/aromatic N) is 5. The van der Waals surface area contributed by atoms with Crippen LogP contribution in [-0.4, -0.2) is 61.7 Å². The molecule has 10 heteroatoms. The predicted molar refractivity (Wildman–Crippen MR) is 125 cm³/mol. The number of carboxylic acid groups (broad SMARTS) is 1. The summed E-state index contributed by atoms with van der Waals surface area (Å²) in [4.78, 5) is 30.3. The second-order valence-corrected chi connectivity index (χ2v) is 10.3. The Kier molecular flexibility index (Phi) is 6.37. The highest BCUT2D eigenvalue weighted by Gasteiger charge is 2.52. The van der Waals surface area contributed by atoms with Crippen LogP contribution in [0.25, 0.3) is 11.4 Å². The first-order chi connectivity index (χ1) is 16.8. The van der Waals surface area contributed by atoms with Crippen LogP contribution in [0, 0.1) is 30.6 Å². The molecule has 0 bridgehead atoms. The fourth-order valence-electron chi connectivity index (χ4n) is 5.41. The molecule has 3 saturated carbocycles. The van der Waals surface area contributed by atoms with Crippen molar-refractivity contribution in [2.45, 2.75) is 58.2 Å². The van der Waals surface area contributed by atoms with Crippen molar-refractivity contribution in [3.63, 3.8) is 0 Å². The van der Waals surface area contributed by atoms with Gasteiger partial charge in [-0.15, -0.1) is 5.10 Å². The number of pyridine rings is 1. The van der Waals surface area contributed by atoms with E-state index in [2.05, 4.69) is 15.3 Å². The summed E-state index contributed by atoms with van der Waals surface area (Å²) in [6.45, 7) is 2.63. The molecule has 1 N–H and O–H groups in total. The fourth-order valence-corrected chi connectivity index (χ4v) is 5.41. The lowest BCUT2D eigenvalue weighted by atomic mass is 9.85. The van der Waals surface area contributed by atoms with Gasteiger partial charge in [0.15, 0.2) is 0 Å². The van der Waals surface area contributed by atoms with Crippen LogP contribution in [0.1, 0.15) is 49.9 Å². The van der Waals surface area contributed by atoms with E-state index in [9.17, 15) is 14.7 Å². The maximum absolute atomic E-state index is 12.4. The van der Waals surface area contributed by atoms with Crippen molar-refractivity contribution in [1.82, 2.24) is 24.9 Å². The van der Waals surface area contributed by atoms with Gasteiger partial charge >= 0.3 is 12.1 Å². The maximum atomic E-state index is 12.4. The molecule has 2 unspecified atom stereocenters. The van der Waals surface area contributed by atoms with Gasteiger partial charge in [-0.2, -0.15) is 0 Å². The Bertz CT molecular complexity index is 1110. The third-order valence-corrected chi connectivity index (χ3v) is 7.81. The molecule has 4 atom stereocenters. The molecule has 2 heterocycles. The van der Waals surface area contributed by atoms with Crippen LogP contribution in [0.5, 0.6) is 5.75 Å². The molecule has 2 aromatic heterocycles. The van der Waals surface area contributed by atoms with Gasteiger partial charge in [0.2, 0.25) is 0 Å². The molecule has 3 fully saturated rings. The van der Waals surface area contributed by atoms with Gasteiger partial charge in [-0.3, -0.25) is 4.79 Å². The average molecular weight is 484 g/mol. The summed E-state index contributed by atoms with van der Waals surface area (Å²) >= 11 is 0. The highest BCUT2D eigenvalue weighted by Crippen LogP contribution is 2.53. The summed E-state index contributed by atoms with van der Waals surface area (Å²) < 4.78 is 13.3. The van der Waals surface area contributed by atoms with E-state index in [0.717, 1.165) is 12.8 Å². The number of hydrogen-bond donors (Lipinski definition) is 1. The molecule has 0 radical (unpaired) electrons. The van der Waals surface area contributed by atoms with Crippen molar-refractivity contribution in [3.05, 3.63) is 23.5 Å². The van der Waals surface area contributed by atoms with Gasteiger partial charge in [-0.05, 0) is 68.9 Å². The number of ether oxygens (including phenoxy) is 2. The van der Waals surface area contributed by atoms with Gasteiger partial charge < -0.3 is 19.5 Å². The van der Waals surface area contributed by atoms with E-state index in [-0.39, 0.29) is 24.7 Å². The standard InChI is InChI=1S/C25H33N5O5/c1-14-22(35-17-9-16-10-18(16)19(11-17)24(31)32)8-7-20(26-14)23-21(30(3)28-27-23)13-34-25(33)29(2)12-15-5-4-6-15/h7-8,15-19H,4-6,9-13H2,1-3H3,(H,31,32)/t16?,17-,18?,19+/m0/s1. The number of carbonyl (C=O) groups excluding carboxylic acids is 1. The summed E-state index contributed by atoms with van der Waals surface area (Å²) in [7, 11) is 3.52. The zero-order valence-corrected chi connectivity index (χ0v) is 20.5. The van der Waals surface area contributed by atoms with Crippen molar-refractivity contribution < 1.29 is 24.2 Å². The fraction of sp³-hybridized carbons (Fsp3) is 0.640. The Morgan fingerprint density at radius 2 is 2.03 bits per heavy atom. The van der Waals surface area contributed by atoms with Crippen LogP contribution in [-0.2, 0) is 23.2 Å².